The summed E-state index contributed by atoms with van der Waals surface area (Å²) in [4.78, 5) is 15.6. The number of rotatable bonds is 6. The number of nitrogens with zero attached hydrogens (tertiary/aromatic N) is 1. The summed E-state index contributed by atoms with van der Waals surface area (Å²) in [6.07, 6.45) is 5.82. The number of methoxy groups -OCH3 is 1. The molecule has 2 aliphatic rings. The van der Waals surface area contributed by atoms with E-state index in [2.05, 4.69) is 15.0 Å². The Morgan fingerprint density at radius 1 is 1.61 bits per heavy atom. The number of ether oxygens (including phenoxy) is 1. The maximum Gasteiger partial charge on any atom is 0.311 e. The average Bonchev–Trinajstić information content (AvgIpc) is 3.26. The van der Waals surface area contributed by atoms with Crippen molar-refractivity contribution < 1.29 is 9.53 Å². The van der Waals surface area contributed by atoms with Crippen LogP contribution in [0, 0.1) is 11.3 Å². The lowest BCUT2D eigenvalue weighted by atomic mass is 10.0. The minimum Gasteiger partial charge on any atom is -0.469 e. The number of hydrogen-bond acceptors (Lipinski definition) is 5. The first-order valence-corrected chi connectivity index (χ1v) is 7.35. The van der Waals surface area contributed by atoms with E-state index in [1.54, 1.807) is 11.3 Å². The van der Waals surface area contributed by atoms with Crippen LogP contribution in [0.15, 0.2) is 5.38 Å². The van der Waals surface area contributed by atoms with Crippen LogP contribution in [0.4, 0.5) is 5.13 Å². The average molecular weight is 266 g/mol. The van der Waals surface area contributed by atoms with Crippen LogP contribution in [0.2, 0.25) is 0 Å². The van der Waals surface area contributed by atoms with Gasteiger partial charge in [-0.2, -0.15) is 0 Å². The molecule has 5 heteroatoms. The van der Waals surface area contributed by atoms with Gasteiger partial charge in [0, 0.05) is 11.9 Å². The maximum absolute atomic E-state index is 11.1. The maximum atomic E-state index is 11.1. The Hall–Kier alpha value is -1.10. The first-order chi connectivity index (χ1) is 8.72. The molecule has 18 heavy (non-hydrogen) atoms. The zero-order valence-corrected chi connectivity index (χ0v) is 11.4. The SMILES string of the molecule is COC(=O)Cc1csc(NCC2(C3CC3)CC2)n1. The van der Waals surface area contributed by atoms with Crippen molar-refractivity contribution in [3.05, 3.63) is 11.1 Å². The van der Waals surface area contributed by atoms with Gasteiger partial charge in [0.05, 0.1) is 19.2 Å². The minimum atomic E-state index is -0.233. The molecule has 0 aromatic carbocycles. The third-order valence-corrected chi connectivity index (χ3v) is 4.88. The van der Waals surface area contributed by atoms with Gasteiger partial charge in [0.15, 0.2) is 5.13 Å². The second kappa shape index (κ2) is 4.53. The lowest BCUT2D eigenvalue weighted by Gasteiger charge is -2.13. The van der Waals surface area contributed by atoms with Gasteiger partial charge in [0.2, 0.25) is 0 Å². The third kappa shape index (κ3) is 2.51. The topological polar surface area (TPSA) is 51.2 Å². The highest BCUT2D eigenvalue weighted by molar-refractivity contribution is 7.13. The van der Waals surface area contributed by atoms with E-state index in [1.807, 2.05) is 5.38 Å². The van der Waals surface area contributed by atoms with Crippen LogP contribution in [0.5, 0.6) is 0 Å². The molecule has 0 aliphatic heterocycles. The molecule has 0 unspecified atom stereocenters. The number of thiazole rings is 1. The Balaban J connectivity index is 1.52. The number of anilines is 1. The van der Waals surface area contributed by atoms with E-state index in [-0.39, 0.29) is 12.4 Å². The fraction of sp³-hybridized carbons (Fsp3) is 0.692. The first kappa shape index (κ1) is 12.0. The number of aromatic nitrogens is 1. The summed E-state index contributed by atoms with van der Waals surface area (Å²) in [6.45, 7) is 1.04. The summed E-state index contributed by atoms with van der Waals surface area (Å²) >= 11 is 1.57. The van der Waals surface area contributed by atoms with Crippen LogP contribution < -0.4 is 5.32 Å². The van der Waals surface area contributed by atoms with E-state index in [0.29, 0.717) is 5.41 Å². The Kier molecular flexibility index (Phi) is 3.01. The summed E-state index contributed by atoms with van der Waals surface area (Å²) in [6, 6.07) is 0. The van der Waals surface area contributed by atoms with Gasteiger partial charge in [-0.15, -0.1) is 11.3 Å². The number of esters is 1. The standard InChI is InChI=1S/C13H18N2O2S/c1-17-11(16)6-10-7-18-12(15-10)14-8-13(4-5-13)9-2-3-9/h7,9H,2-6,8H2,1H3,(H,14,15). The summed E-state index contributed by atoms with van der Waals surface area (Å²) in [5.41, 5.74) is 1.37. The van der Waals surface area contributed by atoms with Gasteiger partial charge < -0.3 is 10.1 Å². The van der Waals surface area contributed by atoms with Gasteiger partial charge in [-0.1, -0.05) is 0 Å². The van der Waals surface area contributed by atoms with Crippen molar-refractivity contribution in [3.63, 3.8) is 0 Å². The molecule has 1 aromatic rings. The molecule has 0 bridgehead atoms. The van der Waals surface area contributed by atoms with Crippen molar-refractivity contribution >= 4 is 22.4 Å². The second-order valence-electron chi connectivity index (χ2n) is 5.39. The zero-order valence-electron chi connectivity index (χ0n) is 10.6. The number of carbonyl (C=O) groups is 1. The molecule has 98 valence electrons. The molecule has 2 aliphatic carbocycles. The molecule has 2 fully saturated rings. The van der Waals surface area contributed by atoms with Crippen LogP contribution in [-0.4, -0.2) is 24.6 Å². The highest BCUT2D eigenvalue weighted by Crippen LogP contribution is 2.61. The number of hydrogen-bond donors (Lipinski definition) is 1. The van der Waals surface area contributed by atoms with Gasteiger partial charge in [-0.05, 0) is 37.0 Å². The smallest absolute Gasteiger partial charge is 0.311 e. The molecule has 0 amide bonds. The predicted octanol–water partition coefficient (Wildman–Crippen LogP) is 2.46. The second-order valence-corrected chi connectivity index (χ2v) is 6.25. The lowest BCUT2D eigenvalue weighted by molar-refractivity contribution is -0.139. The molecule has 3 rings (SSSR count). The molecular formula is C13H18N2O2S. The normalized spacial score (nSPS) is 20.5. The summed E-state index contributed by atoms with van der Waals surface area (Å²) in [5.74, 6) is 0.725. The molecule has 0 spiro atoms. The lowest BCUT2D eigenvalue weighted by Crippen LogP contribution is -2.17. The van der Waals surface area contributed by atoms with Crippen LogP contribution in [0.3, 0.4) is 0 Å². The number of nitrogens with one attached hydrogen (secondary N) is 1. The predicted molar refractivity (Wildman–Crippen MR) is 70.7 cm³/mol. The minimum absolute atomic E-state index is 0.233. The highest BCUT2D eigenvalue weighted by atomic mass is 32.1. The van der Waals surface area contributed by atoms with E-state index < -0.39 is 0 Å². The fourth-order valence-corrected chi connectivity index (χ4v) is 3.24. The molecule has 0 atom stereocenters. The van der Waals surface area contributed by atoms with Gasteiger partial charge in [0.1, 0.15) is 0 Å². The molecule has 4 nitrogen and oxygen atoms in total. The van der Waals surface area contributed by atoms with Crippen molar-refractivity contribution in [2.45, 2.75) is 32.1 Å². The highest BCUT2D eigenvalue weighted by Gasteiger charge is 2.53. The number of carbonyl (C=O) groups excluding carboxylic acids is 1. The van der Waals surface area contributed by atoms with E-state index in [9.17, 15) is 4.79 Å². The Labute approximate surface area is 111 Å². The Morgan fingerprint density at radius 2 is 2.39 bits per heavy atom. The summed E-state index contributed by atoms with van der Waals surface area (Å²) < 4.78 is 4.63. The largest absolute Gasteiger partial charge is 0.469 e. The van der Waals surface area contributed by atoms with Gasteiger partial charge >= 0.3 is 5.97 Å². The fourth-order valence-electron chi connectivity index (χ4n) is 2.53. The third-order valence-electron chi connectivity index (χ3n) is 4.03. The van der Waals surface area contributed by atoms with E-state index in [4.69, 9.17) is 0 Å². The van der Waals surface area contributed by atoms with E-state index in [0.717, 1.165) is 23.3 Å². The summed E-state index contributed by atoms with van der Waals surface area (Å²) in [7, 11) is 1.40. The van der Waals surface area contributed by atoms with Crippen molar-refractivity contribution in [3.8, 4) is 0 Å². The Morgan fingerprint density at radius 3 is 3.00 bits per heavy atom. The van der Waals surface area contributed by atoms with E-state index >= 15 is 0 Å². The monoisotopic (exact) mass is 266 g/mol. The van der Waals surface area contributed by atoms with Gasteiger partial charge in [-0.25, -0.2) is 4.98 Å². The molecule has 0 saturated heterocycles. The molecule has 0 radical (unpaired) electrons. The zero-order chi connectivity index (χ0) is 12.6. The van der Waals surface area contributed by atoms with Crippen molar-refractivity contribution in [2.75, 3.05) is 19.0 Å². The summed E-state index contributed by atoms with van der Waals surface area (Å²) in [5, 5.41) is 6.29. The van der Waals surface area contributed by atoms with Crippen molar-refractivity contribution in [1.29, 1.82) is 0 Å². The van der Waals surface area contributed by atoms with Crippen LogP contribution >= 0.6 is 11.3 Å². The van der Waals surface area contributed by atoms with Crippen LogP contribution in [0.1, 0.15) is 31.4 Å². The van der Waals surface area contributed by atoms with Crippen LogP contribution in [0.25, 0.3) is 0 Å². The van der Waals surface area contributed by atoms with Gasteiger partial charge in [-0.3, -0.25) is 4.79 Å². The molecule has 2 saturated carbocycles. The van der Waals surface area contributed by atoms with Crippen molar-refractivity contribution in [2.24, 2.45) is 11.3 Å². The quantitative estimate of drug-likeness (QED) is 0.804. The van der Waals surface area contributed by atoms with Crippen molar-refractivity contribution in [1.82, 2.24) is 4.98 Å². The molecular weight excluding hydrogens is 248 g/mol. The van der Waals surface area contributed by atoms with E-state index in [1.165, 1.54) is 32.8 Å². The van der Waals surface area contributed by atoms with Crippen LogP contribution in [-0.2, 0) is 16.0 Å². The molecule has 1 N–H and O–H groups in total. The first-order valence-electron chi connectivity index (χ1n) is 6.47. The molecule has 1 aromatic heterocycles. The molecule has 1 heterocycles. The van der Waals surface area contributed by atoms with Gasteiger partial charge in [0.25, 0.3) is 0 Å². The Bertz CT molecular complexity index is 450.